The van der Waals surface area contributed by atoms with Gasteiger partial charge in [-0.2, -0.15) is 5.10 Å². The van der Waals surface area contributed by atoms with Gasteiger partial charge in [-0.3, -0.25) is 4.79 Å². The van der Waals surface area contributed by atoms with Gasteiger partial charge >= 0.3 is 0 Å². The summed E-state index contributed by atoms with van der Waals surface area (Å²) < 4.78 is 27.9. The lowest BCUT2D eigenvalue weighted by atomic mass is 10.1. The first-order chi connectivity index (χ1) is 12.0. The van der Waals surface area contributed by atoms with E-state index in [2.05, 4.69) is 10.4 Å². The third-order valence-corrected chi connectivity index (χ3v) is 3.71. The van der Waals surface area contributed by atoms with Crippen LogP contribution in [0.2, 0.25) is 0 Å². The van der Waals surface area contributed by atoms with E-state index in [1.165, 1.54) is 24.3 Å². The zero-order valence-corrected chi connectivity index (χ0v) is 13.7. The maximum atomic E-state index is 13.3. The fourth-order valence-electron chi connectivity index (χ4n) is 2.51. The number of halogens is 2. The van der Waals surface area contributed by atoms with Crippen LogP contribution in [0.4, 0.5) is 8.78 Å². The lowest BCUT2D eigenvalue weighted by Crippen LogP contribution is -2.26. The van der Waals surface area contributed by atoms with Crippen LogP contribution in [-0.2, 0) is 6.42 Å². The van der Waals surface area contributed by atoms with Crippen LogP contribution in [0.15, 0.2) is 54.7 Å². The Labute approximate surface area is 144 Å². The van der Waals surface area contributed by atoms with Crippen molar-refractivity contribution in [2.45, 2.75) is 13.3 Å². The largest absolute Gasteiger partial charge is 0.352 e. The number of aryl methyl sites for hydroxylation is 1. The highest BCUT2D eigenvalue weighted by atomic mass is 19.1. The Bertz CT molecular complexity index is 868. The summed E-state index contributed by atoms with van der Waals surface area (Å²) >= 11 is 0. The molecule has 1 N–H and O–H groups in total. The first kappa shape index (κ1) is 16.8. The molecular weight excluding hydrogens is 324 g/mol. The Hall–Kier alpha value is -3.02. The summed E-state index contributed by atoms with van der Waals surface area (Å²) in [5, 5.41) is 7.14. The van der Waals surface area contributed by atoms with E-state index >= 15 is 0 Å². The summed E-state index contributed by atoms with van der Waals surface area (Å²) in [4.78, 5) is 12.1. The maximum Gasteiger partial charge on any atom is 0.251 e. The van der Waals surface area contributed by atoms with Crippen molar-refractivity contribution in [3.05, 3.63) is 83.2 Å². The highest BCUT2D eigenvalue weighted by Gasteiger charge is 2.08. The smallest absolute Gasteiger partial charge is 0.251 e. The maximum absolute atomic E-state index is 13.3. The van der Waals surface area contributed by atoms with Gasteiger partial charge in [0.25, 0.3) is 5.91 Å². The van der Waals surface area contributed by atoms with Gasteiger partial charge in [-0.1, -0.05) is 0 Å². The Morgan fingerprint density at radius 1 is 1.08 bits per heavy atom. The van der Waals surface area contributed by atoms with Crippen molar-refractivity contribution in [2.75, 3.05) is 6.54 Å². The summed E-state index contributed by atoms with van der Waals surface area (Å²) in [5.74, 6) is -1.05. The van der Waals surface area contributed by atoms with E-state index < -0.39 is 5.82 Å². The lowest BCUT2D eigenvalue weighted by molar-refractivity contribution is 0.0953. The van der Waals surface area contributed by atoms with Crippen molar-refractivity contribution in [2.24, 2.45) is 0 Å². The first-order valence-electron chi connectivity index (χ1n) is 7.87. The van der Waals surface area contributed by atoms with E-state index in [0.29, 0.717) is 24.1 Å². The average molecular weight is 341 g/mol. The second-order valence-electron chi connectivity index (χ2n) is 5.75. The van der Waals surface area contributed by atoms with Crippen LogP contribution in [0.3, 0.4) is 0 Å². The van der Waals surface area contributed by atoms with Gasteiger partial charge in [0.15, 0.2) is 0 Å². The molecular formula is C19H17F2N3O. The number of hydrogen-bond donors (Lipinski definition) is 1. The van der Waals surface area contributed by atoms with E-state index in [1.807, 2.05) is 6.07 Å². The van der Waals surface area contributed by atoms with Crippen molar-refractivity contribution in [3.8, 4) is 5.69 Å². The van der Waals surface area contributed by atoms with Gasteiger partial charge in [0, 0.05) is 24.7 Å². The number of rotatable bonds is 5. The van der Waals surface area contributed by atoms with Gasteiger partial charge < -0.3 is 5.32 Å². The highest BCUT2D eigenvalue weighted by molar-refractivity contribution is 5.94. The van der Waals surface area contributed by atoms with Gasteiger partial charge in [0.1, 0.15) is 11.6 Å². The summed E-state index contributed by atoms with van der Waals surface area (Å²) in [6.07, 6.45) is 2.31. The number of amides is 1. The molecule has 4 nitrogen and oxygen atoms in total. The van der Waals surface area contributed by atoms with E-state index in [9.17, 15) is 13.6 Å². The van der Waals surface area contributed by atoms with Crippen LogP contribution in [0.1, 0.15) is 21.6 Å². The Kier molecular flexibility index (Phi) is 4.88. The minimum Gasteiger partial charge on any atom is -0.352 e. The molecule has 0 aliphatic rings. The minimum absolute atomic E-state index is 0.300. The predicted molar refractivity (Wildman–Crippen MR) is 90.7 cm³/mol. The molecule has 3 aromatic rings. The first-order valence-corrected chi connectivity index (χ1v) is 7.87. The van der Waals surface area contributed by atoms with Crippen LogP contribution in [0, 0.1) is 18.6 Å². The van der Waals surface area contributed by atoms with E-state index in [-0.39, 0.29) is 11.7 Å². The van der Waals surface area contributed by atoms with Crippen LogP contribution < -0.4 is 5.32 Å². The normalized spacial score (nSPS) is 10.7. The molecule has 1 amide bonds. The summed E-state index contributed by atoms with van der Waals surface area (Å²) in [5.41, 5.74) is 2.55. The quantitative estimate of drug-likeness (QED) is 0.773. The molecule has 0 saturated carbocycles. The Morgan fingerprint density at radius 3 is 2.56 bits per heavy atom. The number of nitrogens with one attached hydrogen (secondary N) is 1. The average Bonchev–Trinajstić information content (AvgIpc) is 3.03. The summed E-state index contributed by atoms with van der Waals surface area (Å²) in [7, 11) is 0. The van der Waals surface area contributed by atoms with Gasteiger partial charge in [0.05, 0.1) is 11.4 Å². The fraction of sp³-hybridized carbons (Fsp3) is 0.158. The van der Waals surface area contributed by atoms with E-state index in [4.69, 9.17) is 0 Å². The van der Waals surface area contributed by atoms with Crippen LogP contribution >= 0.6 is 0 Å². The number of benzene rings is 2. The molecule has 25 heavy (non-hydrogen) atoms. The molecule has 1 heterocycles. The number of carbonyl (C=O) groups excluding carboxylic acids is 1. The number of carbonyl (C=O) groups is 1. The zero-order valence-electron chi connectivity index (χ0n) is 13.7. The third kappa shape index (κ3) is 4.29. The SMILES string of the molecule is Cc1cc(F)cc(C(=O)NCCc2ccn(-c3ccc(F)cc3)n2)c1. The van der Waals surface area contributed by atoms with Crippen molar-refractivity contribution >= 4 is 5.91 Å². The number of hydrogen-bond acceptors (Lipinski definition) is 2. The second-order valence-corrected chi connectivity index (χ2v) is 5.75. The molecule has 0 aliphatic carbocycles. The van der Waals surface area contributed by atoms with Crippen molar-refractivity contribution in [1.82, 2.24) is 15.1 Å². The molecule has 2 aromatic carbocycles. The molecule has 0 atom stereocenters. The molecule has 0 bridgehead atoms. The van der Waals surface area contributed by atoms with Gasteiger partial charge in [-0.05, 0) is 61.0 Å². The molecule has 0 aliphatic heterocycles. The van der Waals surface area contributed by atoms with Crippen LogP contribution in [0.5, 0.6) is 0 Å². The Balaban J connectivity index is 1.57. The van der Waals surface area contributed by atoms with Gasteiger partial charge in [0.2, 0.25) is 0 Å². The van der Waals surface area contributed by atoms with Crippen LogP contribution in [-0.4, -0.2) is 22.2 Å². The van der Waals surface area contributed by atoms with Crippen molar-refractivity contribution in [1.29, 1.82) is 0 Å². The molecule has 1 aromatic heterocycles. The molecule has 3 rings (SSSR count). The fourth-order valence-corrected chi connectivity index (χ4v) is 2.51. The van der Waals surface area contributed by atoms with Crippen molar-refractivity contribution in [3.63, 3.8) is 0 Å². The predicted octanol–water partition coefficient (Wildman–Crippen LogP) is 3.43. The molecule has 0 saturated heterocycles. The topological polar surface area (TPSA) is 46.9 Å². The van der Waals surface area contributed by atoms with Gasteiger partial charge in [-0.15, -0.1) is 0 Å². The molecule has 6 heteroatoms. The Morgan fingerprint density at radius 2 is 1.84 bits per heavy atom. The highest BCUT2D eigenvalue weighted by Crippen LogP contribution is 2.10. The van der Waals surface area contributed by atoms with E-state index in [1.54, 1.807) is 36.0 Å². The van der Waals surface area contributed by atoms with Crippen LogP contribution in [0.25, 0.3) is 5.69 Å². The number of aromatic nitrogens is 2. The molecule has 0 unspecified atom stereocenters. The monoisotopic (exact) mass is 341 g/mol. The minimum atomic E-state index is -0.428. The standard InChI is InChI=1S/C19H17F2N3O/c1-13-10-14(12-16(21)11-13)19(25)22-8-6-17-7-9-24(23-17)18-4-2-15(20)3-5-18/h2-5,7,9-12H,6,8H2,1H3,(H,22,25). The summed E-state index contributed by atoms with van der Waals surface area (Å²) in [6.45, 7) is 2.12. The molecule has 0 radical (unpaired) electrons. The summed E-state index contributed by atoms with van der Waals surface area (Å²) in [6, 6.07) is 12.1. The molecule has 0 fully saturated rings. The number of nitrogens with zero attached hydrogens (tertiary/aromatic N) is 2. The molecule has 128 valence electrons. The lowest BCUT2D eigenvalue weighted by Gasteiger charge is -2.05. The van der Waals surface area contributed by atoms with Crippen molar-refractivity contribution < 1.29 is 13.6 Å². The van der Waals surface area contributed by atoms with E-state index in [0.717, 1.165) is 11.4 Å². The molecule has 0 spiro atoms. The van der Waals surface area contributed by atoms with Gasteiger partial charge in [-0.25, -0.2) is 13.5 Å². The zero-order chi connectivity index (χ0) is 17.8. The second kappa shape index (κ2) is 7.25. The third-order valence-electron chi connectivity index (χ3n) is 3.71.